The minimum Gasteiger partial charge on any atom is -0.383 e. The Labute approximate surface area is 196 Å². The molecule has 2 aromatic rings. The van der Waals surface area contributed by atoms with Crippen LogP contribution >= 0.6 is 11.6 Å². The highest BCUT2D eigenvalue weighted by molar-refractivity contribution is 7.89. The summed E-state index contributed by atoms with van der Waals surface area (Å²) in [6.07, 6.45) is 4.35. The number of halogens is 1. The predicted octanol–water partition coefficient (Wildman–Crippen LogP) is 4.24. The summed E-state index contributed by atoms with van der Waals surface area (Å²) in [5.41, 5.74) is 1.54. The number of ether oxygens (including phenoxy) is 1. The molecule has 2 aromatic carbocycles. The number of amides is 1. The first-order valence-corrected chi connectivity index (χ1v) is 12.9. The number of carbonyl (C=O) groups is 1. The number of methoxy groups -OCH3 is 1. The maximum Gasteiger partial charge on any atom is 0.253 e. The van der Waals surface area contributed by atoms with Crippen molar-refractivity contribution in [2.75, 3.05) is 39.9 Å². The number of rotatable bonds is 10. The lowest BCUT2D eigenvalue weighted by Gasteiger charge is -2.27. The second kappa shape index (κ2) is 11.8. The van der Waals surface area contributed by atoms with Gasteiger partial charge in [0, 0.05) is 38.9 Å². The third-order valence-corrected chi connectivity index (χ3v) is 8.08. The molecule has 0 aromatic heterocycles. The molecule has 1 aliphatic rings. The van der Waals surface area contributed by atoms with Crippen LogP contribution in [-0.2, 0) is 21.2 Å². The number of benzene rings is 2. The summed E-state index contributed by atoms with van der Waals surface area (Å²) < 4.78 is 32.9. The van der Waals surface area contributed by atoms with E-state index < -0.39 is 10.0 Å². The van der Waals surface area contributed by atoms with Crippen molar-refractivity contribution >= 4 is 27.5 Å². The predicted molar refractivity (Wildman–Crippen MR) is 127 cm³/mol. The number of hydrogen-bond acceptors (Lipinski definition) is 4. The van der Waals surface area contributed by atoms with Gasteiger partial charge in [-0.3, -0.25) is 4.79 Å². The molecule has 0 saturated carbocycles. The van der Waals surface area contributed by atoms with Crippen LogP contribution in [0, 0.1) is 0 Å². The van der Waals surface area contributed by atoms with Crippen molar-refractivity contribution < 1.29 is 17.9 Å². The molecule has 0 N–H and O–H groups in total. The maximum atomic E-state index is 13.3. The molecule has 1 saturated heterocycles. The molecule has 0 bridgehead atoms. The number of nitrogens with zero attached hydrogens (tertiary/aromatic N) is 2. The highest BCUT2D eigenvalue weighted by Crippen LogP contribution is 2.28. The largest absolute Gasteiger partial charge is 0.383 e. The van der Waals surface area contributed by atoms with Gasteiger partial charge in [-0.1, -0.05) is 48.4 Å². The van der Waals surface area contributed by atoms with Crippen LogP contribution in [0.25, 0.3) is 0 Å². The van der Waals surface area contributed by atoms with Crippen LogP contribution < -0.4 is 0 Å². The van der Waals surface area contributed by atoms with Crippen LogP contribution in [0.4, 0.5) is 0 Å². The van der Waals surface area contributed by atoms with Gasteiger partial charge < -0.3 is 9.64 Å². The van der Waals surface area contributed by atoms with E-state index in [1.54, 1.807) is 18.1 Å². The fourth-order valence-electron chi connectivity index (χ4n) is 3.90. The Morgan fingerprint density at radius 1 is 1.06 bits per heavy atom. The first kappa shape index (κ1) is 24.7. The van der Waals surface area contributed by atoms with Gasteiger partial charge >= 0.3 is 0 Å². The molecule has 0 unspecified atom stereocenters. The molecule has 1 heterocycles. The van der Waals surface area contributed by atoms with Crippen LogP contribution in [0.15, 0.2) is 53.4 Å². The molecular weight excluding hydrogens is 448 g/mol. The van der Waals surface area contributed by atoms with E-state index in [0.29, 0.717) is 38.3 Å². The fourth-order valence-corrected chi connectivity index (χ4v) is 5.91. The molecule has 0 atom stereocenters. The van der Waals surface area contributed by atoms with E-state index in [0.717, 1.165) is 32.1 Å². The van der Waals surface area contributed by atoms with Crippen molar-refractivity contribution in [3.05, 3.63) is 64.7 Å². The summed E-state index contributed by atoms with van der Waals surface area (Å²) in [7, 11) is -2.14. The van der Waals surface area contributed by atoms with Gasteiger partial charge in [0.05, 0.1) is 11.6 Å². The SMILES string of the molecule is COCCN(CCCc1ccccc1)C(=O)c1ccc(Cl)c(S(=O)(=O)N2CCCCC2)c1. The van der Waals surface area contributed by atoms with Crippen LogP contribution in [-0.4, -0.2) is 63.4 Å². The lowest BCUT2D eigenvalue weighted by atomic mass is 10.1. The van der Waals surface area contributed by atoms with Crippen molar-refractivity contribution in [1.82, 2.24) is 9.21 Å². The topological polar surface area (TPSA) is 66.9 Å². The molecule has 8 heteroatoms. The zero-order valence-electron chi connectivity index (χ0n) is 18.5. The Kier molecular flexibility index (Phi) is 9.11. The summed E-state index contributed by atoms with van der Waals surface area (Å²) in [4.78, 5) is 15.0. The maximum absolute atomic E-state index is 13.3. The lowest BCUT2D eigenvalue weighted by molar-refractivity contribution is 0.0693. The van der Waals surface area contributed by atoms with Gasteiger partial charge in [0.25, 0.3) is 5.91 Å². The monoisotopic (exact) mass is 478 g/mol. The van der Waals surface area contributed by atoms with E-state index >= 15 is 0 Å². The van der Waals surface area contributed by atoms with Gasteiger partial charge in [-0.2, -0.15) is 4.31 Å². The van der Waals surface area contributed by atoms with Gasteiger partial charge in [0.1, 0.15) is 4.90 Å². The first-order chi connectivity index (χ1) is 15.4. The molecule has 32 heavy (non-hydrogen) atoms. The van der Waals surface area contributed by atoms with Crippen LogP contribution in [0.5, 0.6) is 0 Å². The number of hydrogen-bond donors (Lipinski definition) is 0. The average molecular weight is 479 g/mol. The summed E-state index contributed by atoms with van der Waals surface area (Å²) >= 11 is 6.27. The average Bonchev–Trinajstić information content (AvgIpc) is 2.82. The molecule has 0 aliphatic carbocycles. The van der Waals surface area contributed by atoms with Crippen molar-refractivity contribution in [3.8, 4) is 0 Å². The zero-order valence-corrected chi connectivity index (χ0v) is 20.1. The molecule has 1 amide bonds. The summed E-state index contributed by atoms with van der Waals surface area (Å²) in [5, 5.41) is 0.139. The number of piperidine rings is 1. The van der Waals surface area contributed by atoms with E-state index in [1.807, 2.05) is 18.2 Å². The highest BCUT2D eigenvalue weighted by atomic mass is 35.5. The Hall–Kier alpha value is -1.93. The van der Waals surface area contributed by atoms with E-state index in [1.165, 1.54) is 22.0 Å². The highest BCUT2D eigenvalue weighted by Gasteiger charge is 2.29. The molecule has 0 radical (unpaired) electrons. The number of sulfonamides is 1. The fraction of sp³-hybridized carbons (Fsp3) is 0.458. The van der Waals surface area contributed by atoms with Crippen molar-refractivity contribution in [2.24, 2.45) is 0 Å². The Morgan fingerprint density at radius 2 is 1.78 bits per heavy atom. The van der Waals surface area contributed by atoms with Gasteiger partial charge in [-0.25, -0.2) is 8.42 Å². The van der Waals surface area contributed by atoms with Crippen molar-refractivity contribution in [3.63, 3.8) is 0 Å². The molecule has 3 rings (SSSR count). The van der Waals surface area contributed by atoms with E-state index in [9.17, 15) is 13.2 Å². The van der Waals surface area contributed by atoms with Crippen molar-refractivity contribution in [2.45, 2.75) is 37.0 Å². The summed E-state index contributed by atoms with van der Waals surface area (Å²) in [6.45, 7) is 2.35. The molecule has 174 valence electrons. The Bertz CT molecular complexity index is 992. The summed E-state index contributed by atoms with van der Waals surface area (Å²) in [6, 6.07) is 14.6. The van der Waals surface area contributed by atoms with Gasteiger partial charge in [0.2, 0.25) is 10.0 Å². The van der Waals surface area contributed by atoms with E-state index in [4.69, 9.17) is 16.3 Å². The van der Waals surface area contributed by atoms with Crippen LogP contribution in [0.2, 0.25) is 5.02 Å². The van der Waals surface area contributed by atoms with Crippen LogP contribution in [0.3, 0.4) is 0 Å². The Balaban J connectivity index is 1.77. The van der Waals surface area contributed by atoms with Crippen molar-refractivity contribution in [1.29, 1.82) is 0 Å². The molecule has 1 fully saturated rings. The van der Waals surface area contributed by atoms with Gasteiger partial charge in [-0.05, 0) is 49.4 Å². The second-order valence-corrected chi connectivity index (χ2v) is 10.3. The molecular formula is C24H31ClN2O4S. The van der Waals surface area contributed by atoms with Gasteiger partial charge in [0.15, 0.2) is 0 Å². The molecule has 0 spiro atoms. The third-order valence-electron chi connectivity index (χ3n) is 5.70. The number of aryl methyl sites for hydroxylation is 1. The van der Waals surface area contributed by atoms with Crippen LogP contribution in [0.1, 0.15) is 41.6 Å². The minimum absolute atomic E-state index is 0.00268. The second-order valence-electron chi connectivity index (χ2n) is 7.98. The summed E-state index contributed by atoms with van der Waals surface area (Å²) in [5.74, 6) is -0.220. The zero-order chi connectivity index (χ0) is 23.0. The molecule has 1 aliphatic heterocycles. The molecule has 6 nitrogen and oxygen atoms in total. The standard InChI is InChI=1S/C24H31ClN2O4S/c1-31-18-17-26(14-8-11-20-9-4-2-5-10-20)24(28)21-12-13-22(25)23(19-21)32(29,30)27-15-6-3-7-16-27/h2,4-5,9-10,12-13,19H,3,6-8,11,14-18H2,1H3. The lowest BCUT2D eigenvalue weighted by Crippen LogP contribution is -2.37. The quantitative estimate of drug-likeness (QED) is 0.512. The smallest absolute Gasteiger partial charge is 0.253 e. The Morgan fingerprint density at radius 3 is 2.47 bits per heavy atom. The van der Waals surface area contributed by atoms with E-state index in [2.05, 4.69) is 12.1 Å². The van der Waals surface area contributed by atoms with E-state index in [-0.39, 0.29) is 15.8 Å². The third kappa shape index (κ3) is 6.32. The normalized spacial score (nSPS) is 14.9. The number of carbonyl (C=O) groups excluding carboxylic acids is 1. The van der Waals surface area contributed by atoms with Gasteiger partial charge in [-0.15, -0.1) is 0 Å². The minimum atomic E-state index is -3.74. The first-order valence-electron chi connectivity index (χ1n) is 11.1.